The lowest BCUT2D eigenvalue weighted by Crippen LogP contribution is -2.35. The Bertz CT molecular complexity index is 771. The third-order valence-electron chi connectivity index (χ3n) is 4.10. The predicted octanol–water partition coefficient (Wildman–Crippen LogP) is 1.23. The molecule has 1 fully saturated rings. The second-order valence-corrected chi connectivity index (χ2v) is 5.96. The molecule has 0 aliphatic heterocycles. The molecule has 22 heavy (non-hydrogen) atoms. The van der Waals surface area contributed by atoms with Gasteiger partial charge in [0.25, 0.3) is 5.91 Å². The summed E-state index contributed by atoms with van der Waals surface area (Å²) in [5.74, 6) is -0.0883. The summed E-state index contributed by atoms with van der Waals surface area (Å²) in [6, 6.07) is 3.23. The number of nitrogens with zero attached hydrogens (tertiary/aromatic N) is 4. The van der Waals surface area contributed by atoms with Crippen LogP contribution in [0.5, 0.6) is 0 Å². The first-order chi connectivity index (χ1) is 10.5. The van der Waals surface area contributed by atoms with Gasteiger partial charge in [0, 0.05) is 56.3 Å². The van der Waals surface area contributed by atoms with Crippen molar-refractivity contribution in [2.75, 3.05) is 0 Å². The highest BCUT2D eigenvalue weighted by Gasteiger charge is 2.34. The van der Waals surface area contributed by atoms with E-state index in [4.69, 9.17) is 0 Å². The second-order valence-electron chi connectivity index (χ2n) is 5.96. The van der Waals surface area contributed by atoms with Gasteiger partial charge in [0.15, 0.2) is 5.43 Å². The molecule has 1 amide bonds. The number of carbonyl (C=O) groups is 1. The van der Waals surface area contributed by atoms with Gasteiger partial charge >= 0.3 is 0 Å². The molecule has 0 N–H and O–H groups in total. The van der Waals surface area contributed by atoms with Crippen molar-refractivity contribution in [3.05, 3.63) is 51.7 Å². The molecule has 6 heteroatoms. The minimum absolute atomic E-state index is 0.0883. The molecule has 3 rings (SSSR count). The van der Waals surface area contributed by atoms with E-state index in [0.29, 0.717) is 12.2 Å². The third-order valence-corrected chi connectivity index (χ3v) is 4.10. The van der Waals surface area contributed by atoms with E-state index in [9.17, 15) is 9.59 Å². The van der Waals surface area contributed by atoms with Crippen LogP contribution in [0.15, 0.2) is 29.3 Å². The van der Waals surface area contributed by atoms with Gasteiger partial charge in [-0.3, -0.25) is 14.3 Å². The summed E-state index contributed by atoms with van der Waals surface area (Å²) in [5.41, 5.74) is 2.10. The number of carbonyl (C=O) groups excluding carboxylic acids is 1. The largest absolute Gasteiger partial charge is 0.344 e. The highest BCUT2D eigenvalue weighted by Crippen LogP contribution is 2.29. The number of pyridine rings is 1. The topological polar surface area (TPSA) is 60.1 Å². The van der Waals surface area contributed by atoms with Crippen LogP contribution in [-0.2, 0) is 20.6 Å². The summed E-state index contributed by atoms with van der Waals surface area (Å²) in [6.45, 7) is 2.36. The van der Waals surface area contributed by atoms with Gasteiger partial charge in [-0.05, 0) is 19.8 Å². The fourth-order valence-corrected chi connectivity index (χ4v) is 2.62. The predicted molar refractivity (Wildman–Crippen MR) is 82.5 cm³/mol. The quantitative estimate of drug-likeness (QED) is 0.853. The number of hydrogen-bond acceptors (Lipinski definition) is 3. The number of rotatable bonds is 4. The molecule has 0 aromatic carbocycles. The summed E-state index contributed by atoms with van der Waals surface area (Å²) in [6.07, 6.45) is 5.73. The molecule has 0 spiro atoms. The summed E-state index contributed by atoms with van der Waals surface area (Å²) in [4.78, 5) is 26.5. The maximum atomic E-state index is 12.9. The fourth-order valence-electron chi connectivity index (χ4n) is 2.62. The number of hydrogen-bond donors (Lipinski definition) is 0. The Morgan fingerprint density at radius 2 is 2.09 bits per heavy atom. The maximum absolute atomic E-state index is 12.9. The van der Waals surface area contributed by atoms with Crippen molar-refractivity contribution in [3.8, 4) is 0 Å². The van der Waals surface area contributed by atoms with Crippen molar-refractivity contribution >= 4 is 5.91 Å². The van der Waals surface area contributed by atoms with Crippen LogP contribution in [0.4, 0.5) is 0 Å². The van der Waals surface area contributed by atoms with Crippen molar-refractivity contribution < 1.29 is 4.79 Å². The third kappa shape index (κ3) is 2.81. The van der Waals surface area contributed by atoms with Gasteiger partial charge in [0.1, 0.15) is 5.69 Å². The van der Waals surface area contributed by atoms with Crippen LogP contribution >= 0.6 is 0 Å². The molecular formula is C16H20N4O2. The summed E-state index contributed by atoms with van der Waals surface area (Å²) in [5, 5.41) is 4.15. The zero-order valence-corrected chi connectivity index (χ0v) is 13.1. The van der Waals surface area contributed by atoms with E-state index in [1.807, 2.05) is 32.1 Å². The molecule has 0 unspecified atom stereocenters. The Hall–Kier alpha value is -2.37. The number of aromatic nitrogens is 3. The first-order valence-corrected chi connectivity index (χ1v) is 7.42. The molecule has 1 aliphatic carbocycles. The monoisotopic (exact) mass is 300 g/mol. The Labute approximate surface area is 129 Å². The van der Waals surface area contributed by atoms with E-state index < -0.39 is 0 Å². The van der Waals surface area contributed by atoms with Crippen molar-refractivity contribution in [1.29, 1.82) is 0 Å². The minimum atomic E-state index is -0.129. The van der Waals surface area contributed by atoms with Gasteiger partial charge in [0.05, 0.1) is 6.20 Å². The molecule has 1 aliphatic rings. The van der Waals surface area contributed by atoms with Crippen molar-refractivity contribution in [3.63, 3.8) is 0 Å². The van der Waals surface area contributed by atoms with E-state index in [1.54, 1.807) is 21.5 Å². The van der Waals surface area contributed by atoms with Gasteiger partial charge in [-0.15, -0.1) is 0 Å². The van der Waals surface area contributed by atoms with Crippen LogP contribution in [0, 0.1) is 6.92 Å². The highest BCUT2D eigenvalue weighted by molar-refractivity contribution is 5.93. The lowest BCUT2D eigenvalue weighted by molar-refractivity contribution is 0.0718. The van der Waals surface area contributed by atoms with E-state index in [-0.39, 0.29) is 17.4 Å². The van der Waals surface area contributed by atoms with Crippen LogP contribution < -0.4 is 5.43 Å². The van der Waals surface area contributed by atoms with E-state index in [2.05, 4.69) is 5.10 Å². The average Bonchev–Trinajstić information content (AvgIpc) is 3.22. The zero-order chi connectivity index (χ0) is 15.9. The Kier molecular flexibility index (Phi) is 3.60. The van der Waals surface area contributed by atoms with E-state index in [0.717, 1.165) is 24.1 Å². The molecular weight excluding hydrogens is 280 g/mol. The molecule has 6 nitrogen and oxygen atoms in total. The summed E-state index contributed by atoms with van der Waals surface area (Å²) in [7, 11) is 3.67. The molecule has 0 saturated heterocycles. The molecule has 2 aromatic rings. The maximum Gasteiger partial charge on any atom is 0.271 e. The second kappa shape index (κ2) is 5.44. The first-order valence-electron chi connectivity index (χ1n) is 7.42. The van der Waals surface area contributed by atoms with Gasteiger partial charge in [0.2, 0.25) is 0 Å². The van der Waals surface area contributed by atoms with Crippen LogP contribution in [0.1, 0.15) is 34.6 Å². The van der Waals surface area contributed by atoms with Crippen LogP contribution in [-0.4, -0.2) is 31.2 Å². The SMILES string of the molecule is Cc1cc(=O)cc(C(=O)N(Cc2cnn(C)c2)C2CC2)n1C. The Morgan fingerprint density at radius 3 is 2.68 bits per heavy atom. The fraction of sp³-hybridized carbons (Fsp3) is 0.438. The molecule has 2 aromatic heterocycles. The van der Waals surface area contributed by atoms with Crippen molar-refractivity contribution in [2.45, 2.75) is 32.4 Å². The smallest absolute Gasteiger partial charge is 0.271 e. The van der Waals surface area contributed by atoms with Gasteiger partial charge in [-0.1, -0.05) is 0 Å². The summed E-state index contributed by atoms with van der Waals surface area (Å²) < 4.78 is 3.51. The zero-order valence-electron chi connectivity index (χ0n) is 13.1. The lowest BCUT2D eigenvalue weighted by Gasteiger charge is -2.23. The summed E-state index contributed by atoms with van der Waals surface area (Å²) >= 11 is 0. The normalized spacial score (nSPS) is 14.1. The van der Waals surface area contributed by atoms with Crippen LogP contribution in [0.2, 0.25) is 0 Å². The highest BCUT2D eigenvalue weighted by atomic mass is 16.2. The van der Waals surface area contributed by atoms with E-state index >= 15 is 0 Å². The molecule has 0 radical (unpaired) electrons. The van der Waals surface area contributed by atoms with Gasteiger partial charge in [-0.25, -0.2) is 0 Å². The van der Waals surface area contributed by atoms with Crippen LogP contribution in [0.3, 0.4) is 0 Å². The van der Waals surface area contributed by atoms with Crippen molar-refractivity contribution in [2.24, 2.45) is 14.1 Å². The van der Waals surface area contributed by atoms with Crippen molar-refractivity contribution in [1.82, 2.24) is 19.2 Å². The standard InChI is InChI=1S/C16H20N4O2/c1-11-6-14(21)7-15(19(11)3)16(22)20(13-4-5-13)10-12-8-17-18(2)9-12/h6-9,13H,4-5,10H2,1-3H3. The Balaban J connectivity index is 1.92. The lowest BCUT2D eigenvalue weighted by atomic mass is 10.2. The Morgan fingerprint density at radius 1 is 1.36 bits per heavy atom. The molecule has 0 atom stereocenters. The first kappa shape index (κ1) is 14.6. The van der Waals surface area contributed by atoms with E-state index in [1.165, 1.54) is 6.07 Å². The molecule has 0 bridgehead atoms. The molecule has 2 heterocycles. The van der Waals surface area contributed by atoms with Gasteiger partial charge in [-0.2, -0.15) is 5.10 Å². The average molecular weight is 300 g/mol. The number of aryl methyl sites for hydroxylation is 2. The van der Waals surface area contributed by atoms with Crippen LogP contribution in [0.25, 0.3) is 0 Å². The molecule has 1 saturated carbocycles. The molecule has 116 valence electrons. The number of amides is 1. The van der Waals surface area contributed by atoms with Gasteiger partial charge < -0.3 is 9.47 Å². The minimum Gasteiger partial charge on any atom is -0.344 e.